The summed E-state index contributed by atoms with van der Waals surface area (Å²) in [5.41, 5.74) is 3.83. The molecule has 0 unspecified atom stereocenters. The fourth-order valence-corrected chi connectivity index (χ4v) is 4.43. The highest BCUT2D eigenvalue weighted by Gasteiger charge is 2.18. The second-order valence-corrected chi connectivity index (χ2v) is 9.37. The smallest absolute Gasteiger partial charge is 0.282 e. The van der Waals surface area contributed by atoms with Crippen molar-refractivity contribution in [3.8, 4) is 29.0 Å². The number of ether oxygens (including phenoxy) is 2. The van der Waals surface area contributed by atoms with Gasteiger partial charge in [0.2, 0.25) is 0 Å². The Morgan fingerprint density at radius 3 is 2.64 bits per heavy atom. The summed E-state index contributed by atoms with van der Waals surface area (Å²) < 4.78 is 13.0. The van der Waals surface area contributed by atoms with Gasteiger partial charge in [-0.05, 0) is 87.9 Å². The van der Waals surface area contributed by atoms with E-state index in [9.17, 15) is 4.79 Å². The van der Waals surface area contributed by atoms with Crippen LogP contribution in [0.15, 0.2) is 69.0 Å². The zero-order valence-electron chi connectivity index (χ0n) is 20.4. The van der Waals surface area contributed by atoms with Gasteiger partial charge in [0, 0.05) is 5.56 Å². The van der Waals surface area contributed by atoms with E-state index in [1.807, 2.05) is 49.4 Å². The van der Waals surface area contributed by atoms with Crippen molar-refractivity contribution in [3.63, 3.8) is 0 Å². The number of hydrogen-bond donors (Lipinski definition) is 0. The standard InChI is InChI=1S/C28H25BrN4O3/c1-17(2)21-15-22(18(3)13-26(21)35-4)27-32-24-8-6-5-7-20(24)28(34)33(27)31-16-19-9-10-25(23(29)14-19)36-12-11-30/h5-10,13-17H,12H2,1-4H3. The van der Waals surface area contributed by atoms with Crippen LogP contribution >= 0.6 is 15.9 Å². The molecule has 0 aliphatic rings. The van der Waals surface area contributed by atoms with Gasteiger partial charge in [0.15, 0.2) is 12.4 Å². The largest absolute Gasteiger partial charge is 0.496 e. The molecule has 0 aliphatic heterocycles. The van der Waals surface area contributed by atoms with Crippen LogP contribution in [0, 0.1) is 18.3 Å². The zero-order chi connectivity index (χ0) is 25.8. The number of aromatic nitrogens is 2. The summed E-state index contributed by atoms with van der Waals surface area (Å²) in [5.74, 6) is 2.01. The van der Waals surface area contributed by atoms with Crippen LogP contribution < -0.4 is 15.0 Å². The number of fused-ring (bicyclic) bond motifs is 1. The molecule has 36 heavy (non-hydrogen) atoms. The number of aryl methyl sites for hydroxylation is 1. The third kappa shape index (κ3) is 5.02. The van der Waals surface area contributed by atoms with Crippen LogP contribution in [0.2, 0.25) is 0 Å². The van der Waals surface area contributed by atoms with Gasteiger partial charge in [-0.2, -0.15) is 15.0 Å². The molecule has 0 saturated carbocycles. The molecule has 4 rings (SSSR count). The average Bonchev–Trinajstić information content (AvgIpc) is 2.87. The van der Waals surface area contributed by atoms with Gasteiger partial charge in [0.05, 0.1) is 28.7 Å². The molecule has 0 saturated heterocycles. The molecule has 0 spiro atoms. The van der Waals surface area contributed by atoms with Crippen LogP contribution in [0.25, 0.3) is 22.3 Å². The molecule has 0 atom stereocenters. The molecule has 0 aliphatic carbocycles. The van der Waals surface area contributed by atoms with Gasteiger partial charge in [-0.3, -0.25) is 4.79 Å². The second-order valence-electron chi connectivity index (χ2n) is 8.51. The van der Waals surface area contributed by atoms with Crippen molar-refractivity contribution in [2.45, 2.75) is 26.7 Å². The molecule has 1 aromatic heterocycles. The van der Waals surface area contributed by atoms with Gasteiger partial charge in [-0.25, -0.2) is 4.98 Å². The lowest BCUT2D eigenvalue weighted by Gasteiger charge is -2.17. The maximum Gasteiger partial charge on any atom is 0.282 e. The first-order valence-corrected chi connectivity index (χ1v) is 12.2. The Kier molecular flexibility index (Phi) is 7.51. The number of rotatable bonds is 7. The van der Waals surface area contributed by atoms with Crippen LogP contribution in [0.4, 0.5) is 0 Å². The predicted molar refractivity (Wildman–Crippen MR) is 145 cm³/mol. The van der Waals surface area contributed by atoms with Gasteiger partial charge in [-0.1, -0.05) is 26.0 Å². The lowest BCUT2D eigenvalue weighted by Crippen LogP contribution is -2.20. The van der Waals surface area contributed by atoms with Crippen molar-refractivity contribution in [3.05, 3.63) is 86.1 Å². The third-order valence-electron chi connectivity index (χ3n) is 5.76. The van der Waals surface area contributed by atoms with E-state index in [1.54, 1.807) is 31.5 Å². The van der Waals surface area contributed by atoms with Crippen molar-refractivity contribution in [2.24, 2.45) is 5.10 Å². The topological polar surface area (TPSA) is 89.5 Å². The molecule has 0 bridgehead atoms. The van der Waals surface area contributed by atoms with Gasteiger partial charge in [0.25, 0.3) is 5.56 Å². The minimum absolute atomic E-state index is 0.0485. The number of methoxy groups -OCH3 is 1. The van der Waals surface area contributed by atoms with Crippen molar-refractivity contribution < 1.29 is 9.47 Å². The van der Waals surface area contributed by atoms with E-state index in [-0.39, 0.29) is 18.1 Å². The fourth-order valence-electron chi connectivity index (χ4n) is 3.92. The minimum atomic E-state index is -0.263. The lowest BCUT2D eigenvalue weighted by atomic mass is 9.96. The van der Waals surface area contributed by atoms with Crippen molar-refractivity contribution >= 4 is 33.0 Å². The van der Waals surface area contributed by atoms with Crippen molar-refractivity contribution in [1.82, 2.24) is 9.66 Å². The summed E-state index contributed by atoms with van der Waals surface area (Å²) in [5, 5.41) is 13.8. The van der Waals surface area contributed by atoms with E-state index in [0.29, 0.717) is 26.9 Å². The van der Waals surface area contributed by atoms with E-state index >= 15 is 0 Å². The van der Waals surface area contributed by atoms with Crippen molar-refractivity contribution in [1.29, 1.82) is 5.26 Å². The highest BCUT2D eigenvalue weighted by Crippen LogP contribution is 2.34. The molecule has 3 aromatic carbocycles. The van der Waals surface area contributed by atoms with Crippen molar-refractivity contribution in [2.75, 3.05) is 13.7 Å². The summed E-state index contributed by atoms with van der Waals surface area (Å²) in [6, 6.07) is 18.5. The van der Waals surface area contributed by atoms with Gasteiger partial charge in [-0.15, -0.1) is 0 Å². The second kappa shape index (κ2) is 10.8. The van der Waals surface area contributed by atoms with Gasteiger partial charge < -0.3 is 9.47 Å². The van der Waals surface area contributed by atoms with Crippen LogP contribution in [-0.4, -0.2) is 29.6 Å². The first-order chi connectivity index (χ1) is 17.3. The van der Waals surface area contributed by atoms with E-state index < -0.39 is 0 Å². The number of halogens is 1. The van der Waals surface area contributed by atoms with Crippen LogP contribution in [0.5, 0.6) is 11.5 Å². The molecule has 0 radical (unpaired) electrons. The molecule has 7 nitrogen and oxygen atoms in total. The Morgan fingerprint density at radius 2 is 1.94 bits per heavy atom. The maximum atomic E-state index is 13.6. The first kappa shape index (κ1) is 25.1. The quantitative estimate of drug-likeness (QED) is 0.264. The predicted octanol–water partition coefficient (Wildman–Crippen LogP) is 6.05. The summed E-state index contributed by atoms with van der Waals surface area (Å²) in [6.45, 7) is 6.11. The molecule has 0 fully saturated rings. The summed E-state index contributed by atoms with van der Waals surface area (Å²) in [7, 11) is 1.66. The van der Waals surface area contributed by atoms with Crippen LogP contribution in [-0.2, 0) is 0 Å². The molecule has 4 aromatic rings. The number of nitriles is 1. The number of para-hydroxylation sites is 1. The average molecular weight is 545 g/mol. The van der Waals surface area contributed by atoms with E-state index in [4.69, 9.17) is 19.7 Å². The van der Waals surface area contributed by atoms with Crippen LogP contribution in [0.3, 0.4) is 0 Å². The van der Waals surface area contributed by atoms with E-state index in [1.165, 1.54) is 4.68 Å². The Bertz CT molecular complexity index is 1570. The minimum Gasteiger partial charge on any atom is -0.496 e. The molecular weight excluding hydrogens is 520 g/mol. The Labute approximate surface area is 217 Å². The molecule has 182 valence electrons. The summed E-state index contributed by atoms with van der Waals surface area (Å²) >= 11 is 3.46. The molecular formula is C28H25BrN4O3. The third-order valence-corrected chi connectivity index (χ3v) is 6.38. The molecule has 1 heterocycles. The zero-order valence-corrected chi connectivity index (χ0v) is 22.0. The number of nitrogens with zero attached hydrogens (tertiary/aromatic N) is 4. The number of benzene rings is 3. The van der Waals surface area contributed by atoms with Gasteiger partial charge >= 0.3 is 0 Å². The monoisotopic (exact) mass is 544 g/mol. The Morgan fingerprint density at radius 1 is 1.17 bits per heavy atom. The Balaban J connectivity index is 1.90. The Hall–Kier alpha value is -3.96. The normalized spacial score (nSPS) is 11.2. The maximum absolute atomic E-state index is 13.6. The first-order valence-electron chi connectivity index (χ1n) is 11.4. The molecule has 0 N–H and O–H groups in total. The van der Waals surface area contributed by atoms with Gasteiger partial charge in [0.1, 0.15) is 17.6 Å². The SMILES string of the molecule is COc1cc(C)c(-c2nc3ccccc3c(=O)n2N=Cc2ccc(OCC#N)c(Br)c2)cc1C(C)C. The molecule has 0 amide bonds. The number of hydrogen-bond acceptors (Lipinski definition) is 6. The van der Waals surface area contributed by atoms with Crippen LogP contribution in [0.1, 0.15) is 36.5 Å². The summed E-state index contributed by atoms with van der Waals surface area (Å²) in [4.78, 5) is 18.4. The highest BCUT2D eigenvalue weighted by atomic mass is 79.9. The highest BCUT2D eigenvalue weighted by molar-refractivity contribution is 9.10. The fraction of sp³-hybridized carbons (Fsp3) is 0.214. The van der Waals surface area contributed by atoms with E-state index in [2.05, 4.69) is 34.9 Å². The van der Waals surface area contributed by atoms with E-state index in [0.717, 1.165) is 28.0 Å². The summed E-state index contributed by atoms with van der Waals surface area (Å²) in [6.07, 6.45) is 1.60. The lowest BCUT2D eigenvalue weighted by molar-refractivity contribution is 0.366. The molecule has 8 heteroatoms.